The molecule has 3 aromatic rings. The van der Waals surface area contributed by atoms with Gasteiger partial charge in [-0.15, -0.1) is 15.3 Å². The fourth-order valence-electron chi connectivity index (χ4n) is 3.42. The number of aromatic nitrogens is 5. The van der Waals surface area contributed by atoms with E-state index in [1.807, 2.05) is 31.2 Å². The molecular weight excluding hydrogens is 354 g/mol. The number of nitrogens with zero attached hydrogens (tertiary/aromatic N) is 6. The van der Waals surface area contributed by atoms with Crippen molar-refractivity contribution < 1.29 is 4.79 Å². The van der Waals surface area contributed by atoms with Gasteiger partial charge in [-0.2, -0.15) is 4.52 Å². The second-order valence-electron chi connectivity index (χ2n) is 7.51. The van der Waals surface area contributed by atoms with Crippen molar-refractivity contribution in [2.75, 3.05) is 23.3 Å². The van der Waals surface area contributed by atoms with E-state index in [-0.39, 0.29) is 5.91 Å². The summed E-state index contributed by atoms with van der Waals surface area (Å²) in [6, 6.07) is 7.68. The van der Waals surface area contributed by atoms with Gasteiger partial charge in [0.2, 0.25) is 5.91 Å². The van der Waals surface area contributed by atoms with E-state index in [1.165, 1.54) is 12.8 Å². The number of piperidine rings is 1. The number of amides is 1. The van der Waals surface area contributed by atoms with E-state index in [4.69, 9.17) is 5.10 Å². The fraction of sp³-hybridized carbons (Fsp3) is 0.450. The molecule has 0 unspecified atom stereocenters. The van der Waals surface area contributed by atoms with Crippen molar-refractivity contribution in [3.63, 3.8) is 0 Å². The molecule has 0 aromatic carbocycles. The molecule has 8 nitrogen and oxygen atoms in total. The third kappa shape index (κ3) is 4.11. The number of hydrogen-bond donors (Lipinski definition) is 1. The van der Waals surface area contributed by atoms with Crippen LogP contribution in [0.3, 0.4) is 0 Å². The van der Waals surface area contributed by atoms with Crippen molar-refractivity contribution in [1.29, 1.82) is 0 Å². The van der Waals surface area contributed by atoms with E-state index in [2.05, 4.69) is 32.3 Å². The summed E-state index contributed by atoms with van der Waals surface area (Å²) in [4.78, 5) is 18.7. The summed E-state index contributed by atoms with van der Waals surface area (Å²) in [7, 11) is 0. The third-order valence-electron chi connectivity index (χ3n) is 5.18. The van der Waals surface area contributed by atoms with Crippen LogP contribution in [0.5, 0.6) is 0 Å². The molecule has 0 spiro atoms. The number of carbonyl (C=O) groups is 1. The first-order valence-corrected chi connectivity index (χ1v) is 9.77. The average molecular weight is 379 g/mol. The second-order valence-corrected chi connectivity index (χ2v) is 7.51. The fourth-order valence-corrected chi connectivity index (χ4v) is 3.42. The minimum Gasteiger partial charge on any atom is -0.355 e. The van der Waals surface area contributed by atoms with Crippen molar-refractivity contribution in [2.45, 2.75) is 39.5 Å². The Morgan fingerprint density at radius 3 is 2.82 bits per heavy atom. The number of nitrogens with one attached hydrogen (secondary N) is 1. The molecule has 0 radical (unpaired) electrons. The van der Waals surface area contributed by atoms with E-state index in [0.29, 0.717) is 30.1 Å². The van der Waals surface area contributed by atoms with E-state index in [0.717, 1.165) is 30.4 Å². The zero-order valence-electron chi connectivity index (χ0n) is 16.3. The van der Waals surface area contributed by atoms with Crippen LogP contribution in [-0.2, 0) is 11.2 Å². The lowest BCUT2D eigenvalue weighted by Crippen LogP contribution is -2.33. The zero-order chi connectivity index (χ0) is 19.5. The average Bonchev–Trinajstić information content (AvgIpc) is 3.09. The summed E-state index contributed by atoms with van der Waals surface area (Å²) in [5.41, 5.74) is 1.75. The van der Waals surface area contributed by atoms with Crippen molar-refractivity contribution in [2.24, 2.45) is 5.92 Å². The van der Waals surface area contributed by atoms with Crippen LogP contribution in [0.2, 0.25) is 0 Å². The minimum absolute atomic E-state index is 0.101. The van der Waals surface area contributed by atoms with E-state index in [1.54, 1.807) is 10.7 Å². The van der Waals surface area contributed by atoms with Crippen LogP contribution in [0.4, 0.5) is 11.6 Å². The van der Waals surface area contributed by atoms with Crippen LogP contribution in [0.25, 0.3) is 5.65 Å². The molecule has 146 valence electrons. The number of carbonyl (C=O) groups excluding carboxylic acids is 1. The molecule has 1 aliphatic heterocycles. The van der Waals surface area contributed by atoms with Crippen molar-refractivity contribution in [1.82, 2.24) is 24.8 Å². The van der Waals surface area contributed by atoms with Crippen molar-refractivity contribution in [3.05, 3.63) is 41.9 Å². The van der Waals surface area contributed by atoms with Gasteiger partial charge in [-0.1, -0.05) is 6.92 Å². The largest absolute Gasteiger partial charge is 0.355 e. The third-order valence-corrected chi connectivity index (χ3v) is 5.18. The van der Waals surface area contributed by atoms with Crippen molar-refractivity contribution in [3.8, 4) is 0 Å². The molecule has 1 N–H and O–H groups in total. The topological polar surface area (TPSA) is 88.3 Å². The molecule has 0 atom stereocenters. The Labute approximate surface area is 164 Å². The van der Waals surface area contributed by atoms with Crippen LogP contribution in [-0.4, -0.2) is 43.8 Å². The van der Waals surface area contributed by atoms with Gasteiger partial charge in [0.1, 0.15) is 11.6 Å². The molecular formula is C20H25N7O. The number of pyridine rings is 1. The Kier molecular flexibility index (Phi) is 5.18. The summed E-state index contributed by atoms with van der Waals surface area (Å²) in [6.07, 6.45) is 4.81. The molecule has 1 aliphatic rings. The van der Waals surface area contributed by atoms with Crippen LogP contribution in [0, 0.1) is 12.8 Å². The molecule has 0 aliphatic carbocycles. The highest BCUT2D eigenvalue weighted by Crippen LogP contribution is 2.21. The number of fused-ring (bicyclic) bond motifs is 1. The summed E-state index contributed by atoms with van der Waals surface area (Å²) in [5.74, 6) is 2.86. The first kappa shape index (κ1) is 18.3. The van der Waals surface area contributed by atoms with Gasteiger partial charge in [-0.05, 0) is 55.5 Å². The maximum atomic E-state index is 12.3. The van der Waals surface area contributed by atoms with Gasteiger partial charge in [0.15, 0.2) is 11.5 Å². The monoisotopic (exact) mass is 379 g/mol. The van der Waals surface area contributed by atoms with Crippen LogP contribution in [0.1, 0.15) is 37.6 Å². The molecule has 0 saturated carbocycles. The standard InChI is InChI=1S/C20H25N7O/c1-14-8-11-26(12-9-14)19-4-3-17-23-24-18(27(17)25-19)5-6-20(28)22-16-13-15(2)7-10-21-16/h3-4,7,10,13-14H,5-6,8-9,11-12H2,1-2H3,(H,21,22,28). The van der Waals surface area contributed by atoms with Crippen molar-refractivity contribution >= 4 is 23.2 Å². The number of aryl methyl sites for hydroxylation is 2. The van der Waals surface area contributed by atoms with Crippen LogP contribution < -0.4 is 10.2 Å². The summed E-state index contributed by atoms with van der Waals surface area (Å²) in [5, 5.41) is 16.0. The Morgan fingerprint density at radius 1 is 1.21 bits per heavy atom. The quantitative estimate of drug-likeness (QED) is 0.733. The second kappa shape index (κ2) is 7.92. The Bertz CT molecular complexity index is 976. The lowest BCUT2D eigenvalue weighted by molar-refractivity contribution is -0.116. The molecule has 1 amide bonds. The smallest absolute Gasteiger partial charge is 0.225 e. The maximum Gasteiger partial charge on any atom is 0.225 e. The predicted octanol–water partition coefficient (Wildman–Crippen LogP) is 2.64. The molecule has 3 aromatic heterocycles. The van der Waals surface area contributed by atoms with Gasteiger partial charge in [-0.25, -0.2) is 4.98 Å². The summed E-state index contributed by atoms with van der Waals surface area (Å²) < 4.78 is 1.76. The highest BCUT2D eigenvalue weighted by atomic mass is 16.1. The first-order chi connectivity index (χ1) is 13.6. The lowest BCUT2D eigenvalue weighted by atomic mass is 9.99. The number of anilines is 2. The normalized spacial score (nSPS) is 15.1. The van der Waals surface area contributed by atoms with Gasteiger partial charge in [0.05, 0.1) is 0 Å². The molecule has 8 heteroatoms. The molecule has 4 rings (SSSR count). The molecule has 1 fully saturated rings. The molecule has 4 heterocycles. The van der Waals surface area contributed by atoms with Gasteiger partial charge in [0.25, 0.3) is 0 Å². The summed E-state index contributed by atoms with van der Waals surface area (Å²) in [6.45, 7) is 6.29. The van der Waals surface area contributed by atoms with Gasteiger partial charge in [-0.3, -0.25) is 4.79 Å². The Hall–Kier alpha value is -3.03. The SMILES string of the molecule is Cc1ccnc(NC(=O)CCc2nnc3ccc(N4CCC(C)CC4)nn23)c1. The molecule has 1 saturated heterocycles. The lowest BCUT2D eigenvalue weighted by Gasteiger charge is -2.30. The van der Waals surface area contributed by atoms with Gasteiger partial charge in [0, 0.05) is 32.1 Å². The Balaban J connectivity index is 1.43. The number of hydrogen-bond acceptors (Lipinski definition) is 6. The number of rotatable bonds is 5. The predicted molar refractivity (Wildman–Crippen MR) is 107 cm³/mol. The highest BCUT2D eigenvalue weighted by molar-refractivity contribution is 5.89. The van der Waals surface area contributed by atoms with E-state index in [9.17, 15) is 4.79 Å². The van der Waals surface area contributed by atoms with Crippen LogP contribution >= 0.6 is 0 Å². The molecule has 28 heavy (non-hydrogen) atoms. The van der Waals surface area contributed by atoms with Gasteiger partial charge < -0.3 is 10.2 Å². The van der Waals surface area contributed by atoms with E-state index < -0.39 is 0 Å². The Morgan fingerprint density at radius 2 is 2.04 bits per heavy atom. The van der Waals surface area contributed by atoms with E-state index >= 15 is 0 Å². The summed E-state index contributed by atoms with van der Waals surface area (Å²) >= 11 is 0. The highest BCUT2D eigenvalue weighted by Gasteiger charge is 2.18. The van der Waals surface area contributed by atoms with Crippen LogP contribution in [0.15, 0.2) is 30.5 Å². The molecule has 0 bridgehead atoms. The zero-order valence-corrected chi connectivity index (χ0v) is 16.3. The van der Waals surface area contributed by atoms with Gasteiger partial charge >= 0.3 is 0 Å². The minimum atomic E-state index is -0.101. The first-order valence-electron chi connectivity index (χ1n) is 9.77. The maximum absolute atomic E-state index is 12.3.